The Balaban J connectivity index is 1.40. The molecule has 3 rings (SSSR count). The van der Waals surface area contributed by atoms with Crippen molar-refractivity contribution < 1.29 is 9.47 Å². The maximum Gasteiger partial charge on any atom is 0.119 e. The van der Waals surface area contributed by atoms with Crippen LogP contribution in [0.1, 0.15) is 70.3 Å². The van der Waals surface area contributed by atoms with Crippen LogP contribution >= 0.6 is 0 Å². The van der Waals surface area contributed by atoms with E-state index in [1.165, 1.54) is 50.5 Å². The molecule has 0 saturated carbocycles. The van der Waals surface area contributed by atoms with E-state index in [2.05, 4.69) is 36.2 Å². The highest BCUT2D eigenvalue weighted by atomic mass is 16.5. The third-order valence-corrected chi connectivity index (χ3v) is 5.63. The molecule has 0 spiro atoms. The summed E-state index contributed by atoms with van der Waals surface area (Å²) in [6.07, 6.45) is 11.5. The maximum absolute atomic E-state index is 5.92. The standard InChI is InChI=1S/C26H36N2O2/c1-3-4-5-6-7-8-9-10-21-30-25-15-11-22(12-16-25)26-19-20-28(27-26)23-13-17-24(29-2)18-14-23/h11-18H,3-10,19-21H2,1-2H3. The molecule has 0 fully saturated rings. The summed E-state index contributed by atoms with van der Waals surface area (Å²) in [7, 11) is 1.68. The van der Waals surface area contributed by atoms with Gasteiger partial charge in [0.2, 0.25) is 0 Å². The summed E-state index contributed by atoms with van der Waals surface area (Å²) in [5.74, 6) is 1.82. The average molecular weight is 409 g/mol. The Bertz CT molecular complexity index is 769. The van der Waals surface area contributed by atoms with Crippen LogP contribution in [-0.2, 0) is 0 Å². The maximum atomic E-state index is 5.92. The van der Waals surface area contributed by atoms with Crippen LogP contribution in [0.3, 0.4) is 0 Å². The molecule has 2 aromatic carbocycles. The Kier molecular flexibility index (Phi) is 9.07. The van der Waals surface area contributed by atoms with Crippen LogP contribution in [0.2, 0.25) is 0 Å². The fourth-order valence-electron chi connectivity index (χ4n) is 3.77. The highest BCUT2D eigenvalue weighted by Crippen LogP contribution is 2.25. The molecule has 0 unspecified atom stereocenters. The van der Waals surface area contributed by atoms with Crippen molar-refractivity contribution in [3.8, 4) is 11.5 Å². The Morgan fingerprint density at radius 1 is 0.800 bits per heavy atom. The third kappa shape index (κ3) is 6.79. The zero-order valence-electron chi connectivity index (χ0n) is 18.6. The number of anilines is 1. The van der Waals surface area contributed by atoms with Gasteiger partial charge >= 0.3 is 0 Å². The molecule has 2 aromatic rings. The number of hydrogen-bond acceptors (Lipinski definition) is 4. The predicted octanol–water partition coefficient (Wildman–Crippen LogP) is 6.83. The van der Waals surface area contributed by atoms with Gasteiger partial charge in [-0.25, -0.2) is 0 Å². The largest absolute Gasteiger partial charge is 0.497 e. The van der Waals surface area contributed by atoms with E-state index in [1.54, 1.807) is 7.11 Å². The van der Waals surface area contributed by atoms with Crippen molar-refractivity contribution in [3.63, 3.8) is 0 Å². The van der Waals surface area contributed by atoms with Crippen molar-refractivity contribution in [3.05, 3.63) is 54.1 Å². The molecule has 0 atom stereocenters. The Labute approximate surface area is 181 Å². The smallest absolute Gasteiger partial charge is 0.119 e. The molecule has 0 saturated heterocycles. The molecule has 4 heteroatoms. The van der Waals surface area contributed by atoms with Gasteiger partial charge in [0.25, 0.3) is 0 Å². The molecule has 0 amide bonds. The normalized spacial score (nSPS) is 13.4. The fraction of sp³-hybridized carbons (Fsp3) is 0.500. The van der Waals surface area contributed by atoms with Gasteiger partial charge in [0.1, 0.15) is 11.5 Å². The van der Waals surface area contributed by atoms with Gasteiger partial charge in [-0.15, -0.1) is 0 Å². The Morgan fingerprint density at radius 2 is 1.43 bits per heavy atom. The van der Waals surface area contributed by atoms with E-state index in [0.29, 0.717) is 0 Å². The van der Waals surface area contributed by atoms with Gasteiger partial charge in [0.05, 0.1) is 25.1 Å². The van der Waals surface area contributed by atoms with Crippen molar-refractivity contribution in [2.75, 3.05) is 25.3 Å². The third-order valence-electron chi connectivity index (χ3n) is 5.63. The molecule has 0 N–H and O–H groups in total. The molecular formula is C26H36N2O2. The molecule has 0 bridgehead atoms. The molecule has 30 heavy (non-hydrogen) atoms. The van der Waals surface area contributed by atoms with Gasteiger partial charge in [-0.3, -0.25) is 5.01 Å². The van der Waals surface area contributed by atoms with Crippen molar-refractivity contribution in [2.24, 2.45) is 5.10 Å². The summed E-state index contributed by atoms with van der Waals surface area (Å²) in [6.45, 7) is 3.97. The number of hydrogen-bond donors (Lipinski definition) is 0. The Hall–Kier alpha value is -2.49. The van der Waals surface area contributed by atoms with E-state index in [0.717, 1.165) is 48.9 Å². The molecule has 1 aliphatic heterocycles. The lowest BCUT2D eigenvalue weighted by molar-refractivity contribution is 0.304. The predicted molar refractivity (Wildman–Crippen MR) is 126 cm³/mol. The van der Waals surface area contributed by atoms with Crippen LogP contribution in [0, 0.1) is 0 Å². The quantitative estimate of drug-likeness (QED) is 0.341. The first-order valence-corrected chi connectivity index (χ1v) is 11.5. The van der Waals surface area contributed by atoms with Crippen molar-refractivity contribution >= 4 is 11.4 Å². The van der Waals surface area contributed by atoms with E-state index in [9.17, 15) is 0 Å². The van der Waals surface area contributed by atoms with Gasteiger partial charge in [-0.1, -0.05) is 51.9 Å². The number of nitrogens with zero attached hydrogens (tertiary/aromatic N) is 2. The summed E-state index contributed by atoms with van der Waals surface area (Å²) >= 11 is 0. The summed E-state index contributed by atoms with van der Waals surface area (Å²) in [4.78, 5) is 0. The number of unbranched alkanes of at least 4 members (excludes halogenated alkanes) is 7. The van der Waals surface area contributed by atoms with E-state index in [4.69, 9.17) is 14.6 Å². The summed E-state index contributed by atoms with van der Waals surface area (Å²) in [5.41, 5.74) is 3.39. The van der Waals surface area contributed by atoms with Crippen LogP contribution in [-0.4, -0.2) is 26.0 Å². The minimum atomic E-state index is 0.806. The van der Waals surface area contributed by atoms with E-state index in [1.807, 2.05) is 24.3 Å². The average Bonchev–Trinajstić information content (AvgIpc) is 3.29. The van der Waals surface area contributed by atoms with Gasteiger partial charge in [0.15, 0.2) is 0 Å². The summed E-state index contributed by atoms with van der Waals surface area (Å²) < 4.78 is 11.2. The SMILES string of the molecule is CCCCCCCCCCOc1ccc(C2=NN(c3ccc(OC)cc3)CC2)cc1. The lowest BCUT2D eigenvalue weighted by Crippen LogP contribution is -2.11. The second kappa shape index (κ2) is 12.3. The molecule has 1 aliphatic rings. The molecule has 0 aromatic heterocycles. The molecule has 0 aliphatic carbocycles. The first-order chi connectivity index (χ1) is 14.8. The van der Waals surface area contributed by atoms with Crippen LogP contribution in [0.4, 0.5) is 5.69 Å². The summed E-state index contributed by atoms with van der Waals surface area (Å²) in [5, 5.41) is 6.86. The van der Waals surface area contributed by atoms with E-state index in [-0.39, 0.29) is 0 Å². The number of methoxy groups -OCH3 is 1. The minimum Gasteiger partial charge on any atom is -0.497 e. The first kappa shape index (κ1) is 22.2. The Morgan fingerprint density at radius 3 is 2.10 bits per heavy atom. The second-order valence-corrected chi connectivity index (χ2v) is 7.97. The highest BCUT2D eigenvalue weighted by molar-refractivity contribution is 6.02. The highest BCUT2D eigenvalue weighted by Gasteiger charge is 2.17. The molecule has 0 radical (unpaired) electrons. The van der Waals surface area contributed by atoms with Crippen LogP contribution in [0.25, 0.3) is 0 Å². The van der Waals surface area contributed by atoms with Crippen LogP contribution in [0.15, 0.2) is 53.6 Å². The molecule has 162 valence electrons. The number of rotatable bonds is 13. The van der Waals surface area contributed by atoms with E-state index < -0.39 is 0 Å². The van der Waals surface area contributed by atoms with Crippen molar-refractivity contribution in [2.45, 2.75) is 64.7 Å². The van der Waals surface area contributed by atoms with Gasteiger partial charge in [-0.05, 0) is 60.5 Å². The van der Waals surface area contributed by atoms with Gasteiger partial charge < -0.3 is 9.47 Å². The number of ether oxygens (including phenoxy) is 2. The number of benzene rings is 2. The fourth-order valence-corrected chi connectivity index (χ4v) is 3.77. The van der Waals surface area contributed by atoms with Crippen molar-refractivity contribution in [1.29, 1.82) is 0 Å². The first-order valence-electron chi connectivity index (χ1n) is 11.5. The summed E-state index contributed by atoms with van der Waals surface area (Å²) in [6, 6.07) is 16.4. The lowest BCUT2D eigenvalue weighted by Gasteiger charge is -2.13. The molecule has 1 heterocycles. The van der Waals surface area contributed by atoms with Crippen LogP contribution < -0.4 is 14.5 Å². The van der Waals surface area contributed by atoms with Crippen LogP contribution in [0.5, 0.6) is 11.5 Å². The zero-order chi connectivity index (χ0) is 21.0. The van der Waals surface area contributed by atoms with E-state index >= 15 is 0 Å². The molecular weight excluding hydrogens is 372 g/mol. The van der Waals surface area contributed by atoms with Gasteiger partial charge in [0, 0.05) is 13.0 Å². The van der Waals surface area contributed by atoms with Crippen molar-refractivity contribution in [1.82, 2.24) is 0 Å². The monoisotopic (exact) mass is 408 g/mol. The minimum absolute atomic E-state index is 0.806. The molecule has 4 nitrogen and oxygen atoms in total. The van der Waals surface area contributed by atoms with Gasteiger partial charge in [-0.2, -0.15) is 5.10 Å². The topological polar surface area (TPSA) is 34.1 Å². The zero-order valence-corrected chi connectivity index (χ0v) is 18.6. The lowest BCUT2D eigenvalue weighted by atomic mass is 10.1. The second-order valence-electron chi connectivity index (χ2n) is 7.97. The number of hydrazone groups is 1.